The van der Waals surface area contributed by atoms with Gasteiger partial charge in [-0.05, 0) is 61.1 Å². The molecule has 0 unspecified atom stereocenters. The second kappa shape index (κ2) is 9.26. The summed E-state index contributed by atoms with van der Waals surface area (Å²) in [5, 5.41) is 3.94. The quantitative estimate of drug-likeness (QED) is 0.541. The molecule has 0 fully saturated rings. The van der Waals surface area contributed by atoms with E-state index in [-0.39, 0.29) is 11.9 Å². The van der Waals surface area contributed by atoms with Crippen LogP contribution in [0, 0.1) is 0 Å². The summed E-state index contributed by atoms with van der Waals surface area (Å²) in [6, 6.07) is 13.0. The van der Waals surface area contributed by atoms with E-state index in [2.05, 4.69) is 11.4 Å². The van der Waals surface area contributed by atoms with E-state index in [1.54, 1.807) is 25.1 Å². The Morgan fingerprint density at radius 1 is 1.21 bits per heavy atom. The van der Waals surface area contributed by atoms with Gasteiger partial charge in [0.1, 0.15) is 0 Å². The number of benzene rings is 2. The monoisotopic (exact) mass is 417 g/mol. The lowest BCUT2D eigenvalue weighted by molar-refractivity contribution is -0.150. The van der Waals surface area contributed by atoms with E-state index in [1.807, 2.05) is 18.2 Å². The summed E-state index contributed by atoms with van der Waals surface area (Å²) >= 11 is 11.9. The van der Waals surface area contributed by atoms with Crippen molar-refractivity contribution in [3.63, 3.8) is 0 Å². The Morgan fingerprint density at radius 3 is 2.79 bits per heavy atom. The lowest BCUT2D eigenvalue weighted by Gasteiger charge is -2.27. The van der Waals surface area contributed by atoms with Crippen LogP contribution < -0.4 is 5.32 Å². The second-order valence-corrected chi connectivity index (χ2v) is 7.57. The Bertz CT molecular complexity index is 910. The topological polar surface area (TPSA) is 55.4 Å². The SMILES string of the molecule is C[C@H](OC(=O)/C=C/c1ccc(Cl)cc1Cl)C(=O)N[C@H]1CCCc2ccccc21. The number of halogens is 2. The predicted octanol–water partition coefficient (Wildman–Crippen LogP) is 5.13. The molecule has 0 saturated heterocycles. The van der Waals surface area contributed by atoms with Crippen LogP contribution in [0.2, 0.25) is 10.0 Å². The highest BCUT2D eigenvalue weighted by Gasteiger charge is 2.24. The Hall–Kier alpha value is -2.30. The number of amides is 1. The first-order valence-corrected chi connectivity index (χ1v) is 9.91. The maximum Gasteiger partial charge on any atom is 0.331 e. The number of fused-ring (bicyclic) bond motifs is 1. The standard InChI is InChI=1S/C22H21Cl2NO3/c1-14(28-21(26)12-10-16-9-11-17(23)13-19(16)24)22(27)25-20-8-4-6-15-5-2-3-7-18(15)20/h2-3,5,7,9-14,20H,4,6,8H2,1H3,(H,25,27)/b12-10+/t14-,20-/m0/s1. The van der Waals surface area contributed by atoms with E-state index < -0.39 is 12.1 Å². The normalized spacial score (nSPS) is 17.0. The molecule has 0 bridgehead atoms. The first-order chi connectivity index (χ1) is 13.4. The lowest BCUT2D eigenvalue weighted by atomic mass is 9.87. The molecule has 28 heavy (non-hydrogen) atoms. The van der Waals surface area contributed by atoms with Crippen molar-refractivity contribution in [3.05, 3.63) is 75.3 Å². The smallest absolute Gasteiger partial charge is 0.331 e. The van der Waals surface area contributed by atoms with Gasteiger partial charge in [0.2, 0.25) is 0 Å². The van der Waals surface area contributed by atoms with E-state index in [4.69, 9.17) is 27.9 Å². The van der Waals surface area contributed by atoms with Crippen molar-refractivity contribution in [3.8, 4) is 0 Å². The zero-order chi connectivity index (χ0) is 20.1. The Kier molecular flexibility index (Phi) is 6.76. The third kappa shape index (κ3) is 5.15. The van der Waals surface area contributed by atoms with Gasteiger partial charge in [-0.1, -0.05) is 53.5 Å². The number of hydrogen-bond acceptors (Lipinski definition) is 3. The fourth-order valence-electron chi connectivity index (χ4n) is 3.25. The van der Waals surface area contributed by atoms with Crippen LogP contribution >= 0.6 is 23.2 Å². The van der Waals surface area contributed by atoms with Crippen molar-refractivity contribution in [1.29, 1.82) is 0 Å². The second-order valence-electron chi connectivity index (χ2n) is 6.73. The van der Waals surface area contributed by atoms with Gasteiger partial charge >= 0.3 is 5.97 Å². The van der Waals surface area contributed by atoms with Gasteiger partial charge in [-0.3, -0.25) is 4.79 Å². The number of carbonyl (C=O) groups is 2. The highest BCUT2D eigenvalue weighted by atomic mass is 35.5. The van der Waals surface area contributed by atoms with E-state index in [0.717, 1.165) is 24.8 Å². The molecule has 146 valence electrons. The van der Waals surface area contributed by atoms with Crippen molar-refractivity contribution in [2.24, 2.45) is 0 Å². The largest absolute Gasteiger partial charge is 0.449 e. The van der Waals surface area contributed by atoms with Crippen molar-refractivity contribution in [1.82, 2.24) is 5.32 Å². The van der Waals surface area contributed by atoms with Gasteiger partial charge in [0, 0.05) is 16.1 Å². The minimum atomic E-state index is -0.896. The fourth-order valence-corrected chi connectivity index (χ4v) is 3.73. The molecule has 0 heterocycles. The number of esters is 1. The van der Waals surface area contributed by atoms with Gasteiger partial charge in [-0.25, -0.2) is 4.79 Å². The Morgan fingerprint density at radius 2 is 2.00 bits per heavy atom. The summed E-state index contributed by atoms with van der Waals surface area (Å²) in [6.45, 7) is 1.56. The minimum Gasteiger partial charge on any atom is -0.449 e. The van der Waals surface area contributed by atoms with Crippen LogP contribution in [0.3, 0.4) is 0 Å². The van der Waals surface area contributed by atoms with Gasteiger partial charge < -0.3 is 10.1 Å². The molecule has 6 heteroatoms. The molecule has 1 aliphatic rings. The Labute approximate surface area is 174 Å². The van der Waals surface area contributed by atoms with Crippen LogP contribution in [-0.4, -0.2) is 18.0 Å². The van der Waals surface area contributed by atoms with Gasteiger partial charge in [-0.15, -0.1) is 0 Å². The first kappa shape index (κ1) is 20.4. The van der Waals surface area contributed by atoms with E-state index in [9.17, 15) is 9.59 Å². The van der Waals surface area contributed by atoms with Crippen LogP contribution in [0.5, 0.6) is 0 Å². The maximum atomic E-state index is 12.5. The van der Waals surface area contributed by atoms with Crippen LogP contribution in [0.15, 0.2) is 48.5 Å². The first-order valence-electron chi connectivity index (χ1n) is 9.16. The van der Waals surface area contributed by atoms with Gasteiger partial charge in [0.15, 0.2) is 6.10 Å². The van der Waals surface area contributed by atoms with E-state index in [0.29, 0.717) is 15.6 Å². The molecule has 2 atom stereocenters. The molecule has 0 saturated carbocycles. The predicted molar refractivity (Wildman–Crippen MR) is 111 cm³/mol. The molecule has 0 aromatic heterocycles. The van der Waals surface area contributed by atoms with Crippen molar-refractivity contribution < 1.29 is 14.3 Å². The van der Waals surface area contributed by atoms with Crippen molar-refractivity contribution in [2.45, 2.75) is 38.3 Å². The molecule has 2 aromatic carbocycles. The third-order valence-electron chi connectivity index (χ3n) is 4.71. The third-order valence-corrected chi connectivity index (χ3v) is 5.27. The zero-order valence-electron chi connectivity index (χ0n) is 15.5. The minimum absolute atomic E-state index is 0.0537. The summed E-state index contributed by atoms with van der Waals surface area (Å²) in [6.07, 6.45) is 4.79. The summed E-state index contributed by atoms with van der Waals surface area (Å²) < 4.78 is 5.22. The zero-order valence-corrected chi connectivity index (χ0v) is 17.0. The molecule has 2 aromatic rings. The molecule has 4 nitrogen and oxygen atoms in total. The average molecular weight is 418 g/mol. The number of nitrogens with one attached hydrogen (secondary N) is 1. The number of rotatable bonds is 5. The van der Waals surface area contributed by atoms with Gasteiger partial charge in [0.25, 0.3) is 5.91 Å². The number of hydrogen-bond donors (Lipinski definition) is 1. The van der Waals surface area contributed by atoms with Crippen LogP contribution in [0.25, 0.3) is 6.08 Å². The Balaban J connectivity index is 1.57. The molecular weight excluding hydrogens is 397 g/mol. The van der Waals surface area contributed by atoms with Crippen LogP contribution in [-0.2, 0) is 20.7 Å². The van der Waals surface area contributed by atoms with E-state index >= 15 is 0 Å². The summed E-state index contributed by atoms with van der Waals surface area (Å²) in [4.78, 5) is 24.5. The van der Waals surface area contributed by atoms with Crippen LogP contribution in [0.1, 0.15) is 42.5 Å². The van der Waals surface area contributed by atoms with Crippen molar-refractivity contribution in [2.75, 3.05) is 0 Å². The molecule has 0 aliphatic heterocycles. The molecule has 0 spiro atoms. The number of ether oxygens (including phenoxy) is 1. The molecule has 0 radical (unpaired) electrons. The number of carbonyl (C=O) groups excluding carboxylic acids is 2. The average Bonchev–Trinajstić information content (AvgIpc) is 2.67. The number of aryl methyl sites for hydroxylation is 1. The molecule has 3 rings (SSSR count). The van der Waals surface area contributed by atoms with Gasteiger partial charge in [0.05, 0.1) is 6.04 Å². The summed E-state index contributed by atoms with van der Waals surface area (Å²) in [5.41, 5.74) is 3.03. The highest BCUT2D eigenvalue weighted by molar-refractivity contribution is 6.35. The fraction of sp³-hybridized carbons (Fsp3) is 0.273. The lowest BCUT2D eigenvalue weighted by Crippen LogP contribution is -2.39. The summed E-state index contributed by atoms with van der Waals surface area (Å²) in [5.74, 6) is -0.925. The summed E-state index contributed by atoms with van der Waals surface area (Å²) in [7, 11) is 0. The van der Waals surface area contributed by atoms with Crippen LogP contribution in [0.4, 0.5) is 0 Å². The van der Waals surface area contributed by atoms with E-state index in [1.165, 1.54) is 17.7 Å². The molecule has 1 N–H and O–H groups in total. The molecule has 1 aliphatic carbocycles. The highest BCUT2D eigenvalue weighted by Crippen LogP contribution is 2.29. The van der Waals surface area contributed by atoms with Crippen molar-refractivity contribution >= 4 is 41.2 Å². The molecular formula is C22H21Cl2NO3. The molecule has 1 amide bonds. The van der Waals surface area contributed by atoms with Gasteiger partial charge in [-0.2, -0.15) is 0 Å². The maximum absolute atomic E-state index is 12.5.